The van der Waals surface area contributed by atoms with Crippen molar-refractivity contribution in [3.05, 3.63) is 66.0 Å². The van der Waals surface area contributed by atoms with E-state index in [-0.39, 0.29) is 36.4 Å². The molecule has 38 heavy (non-hydrogen) atoms. The van der Waals surface area contributed by atoms with Crippen molar-refractivity contribution in [3.8, 4) is 11.6 Å². The number of hydrogen-bond donors (Lipinski definition) is 2. The second kappa shape index (κ2) is 10.4. The van der Waals surface area contributed by atoms with E-state index in [0.29, 0.717) is 35.1 Å². The molecule has 3 heterocycles. The second-order valence-electron chi connectivity index (χ2n) is 9.35. The van der Waals surface area contributed by atoms with Crippen molar-refractivity contribution in [2.24, 2.45) is 0 Å². The van der Waals surface area contributed by atoms with Gasteiger partial charge in [-0.15, -0.1) is 0 Å². The molecule has 200 valence electrons. The number of halogens is 4. The van der Waals surface area contributed by atoms with Crippen LogP contribution >= 0.6 is 0 Å². The average molecular weight is 531 g/mol. The molecule has 1 saturated heterocycles. The summed E-state index contributed by atoms with van der Waals surface area (Å²) in [4.78, 5) is 18.4. The van der Waals surface area contributed by atoms with Crippen LogP contribution in [0.3, 0.4) is 0 Å². The fourth-order valence-electron chi connectivity index (χ4n) is 4.64. The number of rotatable bonds is 7. The molecule has 2 atom stereocenters. The minimum Gasteiger partial charge on any atom is -0.379 e. The molecule has 2 aromatic heterocycles. The number of nitrogens with one attached hydrogen (secondary N) is 2. The number of carbonyl (C=O) groups is 1. The topological polar surface area (TPSA) is 88.2 Å². The van der Waals surface area contributed by atoms with E-state index in [4.69, 9.17) is 4.52 Å². The highest BCUT2D eigenvalue weighted by Gasteiger charge is 2.32. The fourth-order valence-corrected chi connectivity index (χ4v) is 4.64. The Balaban J connectivity index is 1.44. The van der Waals surface area contributed by atoms with Crippen molar-refractivity contribution in [3.63, 3.8) is 0 Å². The van der Waals surface area contributed by atoms with E-state index in [9.17, 15) is 22.4 Å². The number of fused-ring (bicyclic) bond motifs is 1. The van der Waals surface area contributed by atoms with Crippen molar-refractivity contribution >= 4 is 22.5 Å². The zero-order chi connectivity index (χ0) is 26.9. The molecule has 0 radical (unpaired) electrons. The van der Waals surface area contributed by atoms with Crippen LogP contribution in [0, 0.1) is 0 Å². The van der Waals surface area contributed by atoms with Crippen LogP contribution in [0.1, 0.15) is 22.6 Å². The van der Waals surface area contributed by atoms with Crippen LogP contribution in [0.15, 0.2) is 59.1 Å². The minimum atomic E-state index is -4.52. The van der Waals surface area contributed by atoms with Gasteiger partial charge in [-0.3, -0.25) is 4.79 Å². The van der Waals surface area contributed by atoms with Gasteiger partial charge in [-0.25, -0.2) is 4.39 Å². The summed E-state index contributed by atoms with van der Waals surface area (Å²) in [7, 11) is 1.85. The van der Waals surface area contributed by atoms with Crippen molar-refractivity contribution in [2.75, 3.05) is 25.5 Å². The average Bonchev–Trinajstić information content (AvgIpc) is 3.49. The number of aromatic nitrogens is 3. The number of alkyl halides is 4. The maximum Gasteiger partial charge on any atom is 0.406 e. The Bertz CT molecular complexity index is 1420. The first-order chi connectivity index (χ1) is 18.2. The molecule has 0 saturated carbocycles. The van der Waals surface area contributed by atoms with Crippen molar-refractivity contribution < 1.29 is 26.9 Å². The standard InChI is InChI=1S/C26H26F4N6O2/c1-35-11-10-20(18(27)14-35)32-19-8-5-9-21-17(19)12-22(36(21)15-26(28,29)30)25-33-23(34-38-25)13-31-24(37)16-6-3-2-4-7-16/h2-9,12,18,20,32H,10-11,13-15H2,1H3,(H,31,37)/t18-,20+/m0/s1. The highest BCUT2D eigenvalue weighted by atomic mass is 19.4. The Labute approximate surface area is 215 Å². The smallest absolute Gasteiger partial charge is 0.379 e. The van der Waals surface area contributed by atoms with Gasteiger partial charge in [0.15, 0.2) is 5.82 Å². The molecule has 0 spiro atoms. The van der Waals surface area contributed by atoms with Crippen LogP contribution in [-0.4, -0.2) is 64.0 Å². The zero-order valence-electron chi connectivity index (χ0n) is 20.5. The molecule has 0 bridgehead atoms. The quantitative estimate of drug-likeness (QED) is 0.339. The molecule has 2 aromatic carbocycles. The number of piperidine rings is 1. The summed E-state index contributed by atoms with van der Waals surface area (Å²) in [6.07, 6.45) is -5.08. The molecule has 4 aromatic rings. The van der Waals surface area contributed by atoms with Crippen LogP contribution in [0.5, 0.6) is 0 Å². The monoisotopic (exact) mass is 530 g/mol. The molecule has 1 fully saturated rings. The Morgan fingerprint density at radius 1 is 1.16 bits per heavy atom. The van der Waals surface area contributed by atoms with Gasteiger partial charge in [-0.05, 0) is 43.8 Å². The van der Waals surface area contributed by atoms with Gasteiger partial charge in [-0.2, -0.15) is 18.2 Å². The number of likely N-dealkylation sites (tertiary alicyclic amines) is 1. The number of anilines is 1. The third-order valence-corrected chi connectivity index (χ3v) is 6.50. The fraction of sp³-hybridized carbons (Fsp3) is 0.346. The molecule has 1 amide bonds. The predicted octanol–water partition coefficient (Wildman–Crippen LogP) is 4.64. The lowest BCUT2D eigenvalue weighted by molar-refractivity contribution is -0.139. The Morgan fingerprint density at radius 3 is 2.68 bits per heavy atom. The van der Waals surface area contributed by atoms with Crippen LogP contribution in [0.25, 0.3) is 22.5 Å². The first kappa shape index (κ1) is 25.7. The number of carbonyl (C=O) groups excluding carboxylic acids is 1. The summed E-state index contributed by atoms with van der Waals surface area (Å²) in [5.74, 6) is -0.361. The lowest BCUT2D eigenvalue weighted by Crippen LogP contribution is -2.46. The van der Waals surface area contributed by atoms with Gasteiger partial charge in [0.1, 0.15) is 18.4 Å². The van der Waals surface area contributed by atoms with E-state index >= 15 is 0 Å². The summed E-state index contributed by atoms with van der Waals surface area (Å²) >= 11 is 0. The molecular formula is C26H26F4N6O2. The van der Waals surface area contributed by atoms with E-state index in [2.05, 4.69) is 20.8 Å². The van der Waals surface area contributed by atoms with Gasteiger partial charge in [0.25, 0.3) is 11.8 Å². The predicted molar refractivity (Wildman–Crippen MR) is 133 cm³/mol. The molecule has 5 rings (SSSR count). The van der Waals surface area contributed by atoms with Gasteiger partial charge in [0.2, 0.25) is 0 Å². The van der Waals surface area contributed by atoms with Crippen molar-refractivity contribution in [2.45, 2.75) is 37.9 Å². The molecule has 0 aliphatic carbocycles. The highest BCUT2D eigenvalue weighted by Crippen LogP contribution is 2.35. The maximum atomic E-state index is 14.7. The lowest BCUT2D eigenvalue weighted by Gasteiger charge is -2.33. The number of nitrogens with zero attached hydrogens (tertiary/aromatic N) is 4. The normalized spacial score (nSPS) is 18.6. The van der Waals surface area contributed by atoms with E-state index in [0.717, 1.165) is 4.57 Å². The molecule has 1 aliphatic rings. The third kappa shape index (κ3) is 5.64. The zero-order valence-corrected chi connectivity index (χ0v) is 20.5. The molecule has 8 nitrogen and oxygen atoms in total. The Kier molecular flexibility index (Phi) is 7.06. The van der Waals surface area contributed by atoms with E-state index in [1.54, 1.807) is 48.5 Å². The summed E-state index contributed by atoms with van der Waals surface area (Å²) in [5.41, 5.74) is 1.33. The number of hydrogen-bond acceptors (Lipinski definition) is 6. The van der Waals surface area contributed by atoms with E-state index < -0.39 is 24.9 Å². The number of amides is 1. The lowest BCUT2D eigenvalue weighted by atomic mass is 10.0. The Hall–Kier alpha value is -3.93. The first-order valence-corrected chi connectivity index (χ1v) is 12.1. The van der Waals surface area contributed by atoms with Gasteiger partial charge in [-0.1, -0.05) is 29.4 Å². The number of benzene rings is 2. The molecule has 0 unspecified atom stereocenters. The van der Waals surface area contributed by atoms with E-state index in [1.807, 2.05) is 11.9 Å². The van der Waals surface area contributed by atoms with E-state index in [1.165, 1.54) is 6.07 Å². The minimum absolute atomic E-state index is 0.0693. The van der Waals surface area contributed by atoms with Crippen molar-refractivity contribution in [1.29, 1.82) is 0 Å². The summed E-state index contributed by atoms with van der Waals surface area (Å²) in [5, 5.41) is 10.2. The molecule has 12 heteroatoms. The molecule has 1 aliphatic heterocycles. The van der Waals surface area contributed by atoms with Crippen LogP contribution in [0.2, 0.25) is 0 Å². The largest absolute Gasteiger partial charge is 0.406 e. The van der Waals surface area contributed by atoms with Gasteiger partial charge >= 0.3 is 6.18 Å². The summed E-state index contributed by atoms with van der Waals surface area (Å²) < 4.78 is 61.8. The third-order valence-electron chi connectivity index (χ3n) is 6.50. The van der Waals surface area contributed by atoms with Gasteiger partial charge in [0.05, 0.1) is 18.1 Å². The molecular weight excluding hydrogens is 504 g/mol. The summed E-state index contributed by atoms with van der Waals surface area (Å²) in [6.45, 7) is -0.366. The van der Waals surface area contributed by atoms with Crippen molar-refractivity contribution in [1.82, 2.24) is 24.9 Å². The summed E-state index contributed by atoms with van der Waals surface area (Å²) in [6, 6.07) is 14.5. The Morgan fingerprint density at radius 2 is 1.95 bits per heavy atom. The van der Waals surface area contributed by atoms with Gasteiger partial charge in [0, 0.05) is 29.7 Å². The van der Waals surface area contributed by atoms with Crippen LogP contribution in [0.4, 0.5) is 23.2 Å². The maximum absolute atomic E-state index is 14.7. The SMILES string of the molecule is CN1CC[C@@H](Nc2cccc3c2cc(-c2nc(CNC(=O)c4ccccc4)no2)n3CC(F)(F)F)[C@@H](F)C1. The molecule has 2 N–H and O–H groups in total. The first-order valence-electron chi connectivity index (χ1n) is 12.1. The van der Waals surface area contributed by atoms with Gasteiger partial charge < -0.3 is 24.6 Å². The second-order valence-corrected chi connectivity index (χ2v) is 9.35. The van der Waals surface area contributed by atoms with Crippen LogP contribution < -0.4 is 10.6 Å². The van der Waals surface area contributed by atoms with Crippen LogP contribution in [-0.2, 0) is 13.1 Å². The highest BCUT2D eigenvalue weighted by molar-refractivity contribution is 5.96.